The van der Waals surface area contributed by atoms with Crippen LogP contribution < -0.4 is 5.32 Å². The number of aromatic nitrogens is 1. The number of aryl methyl sites for hydroxylation is 2. The maximum atomic E-state index is 5.52. The summed E-state index contributed by atoms with van der Waals surface area (Å²) in [6, 6.07) is 2.04. The molecule has 0 fully saturated rings. The molecule has 17 heavy (non-hydrogen) atoms. The monoisotopic (exact) mass is 250 g/mol. The van der Waals surface area contributed by atoms with Crippen molar-refractivity contribution in [2.24, 2.45) is 5.92 Å². The van der Waals surface area contributed by atoms with Gasteiger partial charge in [0, 0.05) is 17.5 Å². The fourth-order valence-corrected chi connectivity index (χ4v) is 2.38. The van der Waals surface area contributed by atoms with Crippen LogP contribution in [0.3, 0.4) is 0 Å². The fourth-order valence-electron chi connectivity index (χ4n) is 1.66. The largest absolute Gasteiger partial charge is 0.466 e. The molecule has 2 aromatic rings. The van der Waals surface area contributed by atoms with Gasteiger partial charge in [0.15, 0.2) is 5.13 Å². The van der Waals surface area contributed by atoms with Crippen LogP contribution in [-0.2, 0) is 0 Å². The van der Waals surface area contributed by atoms with Gasteiger partial charge in [-0.15, -0.1) is 11.3 Å². The van der Waals surface area contributed by atoms with Crippen molar-refractivity contribution in [1.82, 2.24) is 4.98 Å². The standard InChI is InChI=1S/C13H18N2OS/c1-8(2)6-14-13-15-12(7-17-13)11-5-9(3)16-10(11)4/h5,7-8H,6H2,1-4H3,(H,14,15). The summed E-state index contributed by atoms with van der Waals surface area (Å²) in [5.74, 6) is 2.49. The van der Waals surface area contributed by atoms with Gasteiger partial charge >= 0.3 is 0 Å². The molecular formula is C13H18N2OS. The first-order chi connectivity index (χ1) is 8.06. The molecule has 1 N–H and O–H groups in total. The molecular weight excluding hydrogens is 232 g/mol. The predicted molar refractivity (Wildman–Crippen MR) is 72.6 cm³/mol. The molecule has 0 bridgehead atoms. The second-order valence-corrected chi connectivity index (χ2v) is 5.50. The third kappa shape index (κ3) is 2.88. The van der Waals surface area contributed by atoms with E-state index in [-0.39, 0.29) is 0 Å². The lowest BCUT2D eigenvalue weighted by molar-refractivity contribution is 0.505. The Balaban J connectivity index is 2.15. The maximum absolute atomic E-state index is 5.52. The normalized spacial score (nSPS) is 11.1. The minimum atomic E-state index is 0.625. The number of furan rings is 1. The Morgan fingerprint density at radius 2 is 2.18 bits per heavy atom. The van der Waals surface area contributed by atoms with Crippen LogP contribution >= 0.6 is 11.3 Å². The molecule has 0 amide bonds. The Bertz CT molecular complexity index is 499. The highest BCUT2D eigenvalue weighted by molar-refractivity contribution is 7.14. The van der Waals surface area contributed by atoms with Crippen molar-refractivity contribution < 1.29 is 4.42 Å². The molecule has 2 rings (SSSR count). The van der Waals surface area contributed by atoms with E-state index in [1.165, 1.54) is 0 Å². The zero-order valence-electron chi connectivity index (χ0n) is 10.7. The highest BCUT2D eigenvalue weighted by Gasteiger charge is 2.11. The summed E-state index contributed by atoms with van der Waals surface area (Å²) in [5, 5.41) is 6.39. The molecule has 0 aliphatic rings. The van der Waals surface area contributed by atoms with Gasteiger partial charge in [-0.05, 0) is 25.8 Å². The highest BCUT2D eigenvalue weighted by atomic mass is 32.1. The van der Waals surface area contributed by atoms with Gasteiger partial charge in [-0.1, -0.05) is 13.8 Å². The van der Waals surface area contributed by atoms with Crippen LogP contribution in [0.25, 0.3) is 11.3 Å². The summed E-state index contributed by atoms with van der Waals surface area (Å²) < 4.78 is 5.52. The number of nitrogens with one attached hydrogen (secondary N) is 1. The van der Waals surface area contributed by atoms with E-state index in [0.717, 1.165) is 34.5 Å². The first kappa shape index (κ1) is 12.2. The second kappa shape index (κ2) is 4.92. The highest BCUT2D eigenvalue weighted by Crippen LogP contribution is 2.29. The molecule has 0 aliphatic carbocycles. The number of hydrogen-bond acceptors (Lipinski definition) is 4. The lowest BCUT2D eigenvalue weighted by Gasteiger charge is -2.04. The Kier molecular flexibility index (Phi) is 3.52. The number of rotatable bonds is 4. The zero-order chi connectivity index (χ0) is 12.4. The van der Waals surface area contributed by atoms with Crippen LogP contribution in [0.1, 0.15) is 25.4 Å². The van der Waals surface area contributed by atoms with Crippen LogP contribution in [0, 0.1) is 19.8 Å². The van der Waals surface area contributed by atoms with E-state index >= 15 is 0 Å². The molecule has 2 aromatic heterocycles. The first-order valence-corrected chi connectivity index (χ1v) is 6.71. The Hall–Kier alpha value is -1.29. The molecule has 4 heteroatoms. The molecule has 0 atom stereocenters. The van der Waals surface area contributed by atoms with Crippen molar-refractivity contribution in [2.75, 3.05) is 11.9 Å². The third-order valence-electron chi connectivity index (χ3n) is 2.48. The topological polar surface area (TPSA) is 38.1 Å². The summed E-state index contributed by atoms with van der Waals surface area (Å²) in [6.07, 6.45) is 0. The van der Waals surface area contributed by atoms with Crippen LogP contribution in [0.4, 0.5) is 5.13 Å². The minimum Gasteiger partial charge on any atom is -0.466 e. The van der Waals surface area contributed by atoms with E-state index in [1.54, 1.807) is 11.3 Å². The van der Waals surface area contributed by atoms with Crippen molar-refractivity contribution in [3.8, 4) is 11.3 Å². The molecule has 0 saturated heterocycles. The zero-order valence-corrected chi connectivity index (χ0v) is 11.5. The van der Waals surface area contributed by atoms with Crippen LogP contribution in [0.2, 0.25) is 0 Å². The van der Waals surface area contributed by atoms with Gasteiger partial charge in [0.25, 0.3) is 0 Å². The minimum absolute atomic E-state index is 0.625. The molecule has 0 unspecified atom stereocenters. The van der Waals surface area contributed by atoms with E-state index in [4.69, 9.17) is 4.42 Å². The first-order valence-electron chi connectivity index (χ1n) is 5.83. The van der Waals surface area contributed by atoms with Crippen molar-refractivity contribution in [3.63, 3.8) is 0 Å². The Morgan fingerprint density at radius 3 is 2.76 bits per heavy atom. The van der Waals surface area contributed by atoms with E-state index in [0.29, 0.717) is 5.92 Å². The second-order valence-electron chi connectivity index (χ2n) is 4.64. The average molecular weight is 250 g/mol. The average Bonchev–Trinajstić information content (AvgIpc) is 2.82. The summed E-state index contributed by atoms with van der Waals surface area (Å²) in [7, 11) is 0. The SMILES string of the molecule is Cc1cc(-c2csc(NCC(C)C)n2)c(C)o1. The summed E-state index contributed by atoms with van der Waals surface area (Å²) in [6.45, 7) is 9.26. The van der Waals surface area contributed by atoms with E-state index < -0.39 is 0 Å². The van der Waals surface area contributed by atoms with Gasteiger partial charge < -0.3 is 9.73 Å². The van der Waals surface area contributed by atoms with E-state index in [1.807, 2.05) is 19.9 Å². The lowest BCUT2D eigenvalue weighted by Crippen LogP contribution is -2.07. The van der Waals surface area contributed by atoms with Crippen molar-refractivity contribution >= 4 is 16.5 Å². The lowest BCUT2D eigenvalue weighted by atomic mass is 10.2. The van der Waals surface area contributed by atoms with Crippen molar-refractivity contribution in [1.29, 1.82) is 0 Å². The summed E-state index contributed by atoms with van der Waals surface area (Å²) in [5.41, 5.74) is 2.09. The molecule has 0 radical (unpaired) electrons. The summed E-state index contributed by atoms with van der Waals surface area (Å²) >= 11 is 1.64. The fraction of sp³-hybridized carbons (Fsp3) is 0.462. The van der Waals surface area contributed by atoms with E-state index in [2.05, 4.69) is 29.5 Å². The quantitative estimate of drug-likeness (QED) is 0.888. The Morgan fingerprint density at radius 1 is 1.41 bits per heavy atom. The van der Waals surface area contributed by atoms with Gasteiger partial charge in [0.05, 0.1) is 5.69 Å². The third-order valence-corrected chi connectivity index (χ3v) is 3.28. The molecule has 0 aliphatic heterocycles. The van der Waals surface area contributed by atoms with Gasteiger partial charge in [-0.2, -0.15) is 0 Å². The Labute approximate surface area is 106 Å². The maximum Gasteiger partial charge on any atom is 0.183 e. The van der Waals surface area contributed by atoms with Gasteiger partial charge in [0.2, 0.25) is 0 Å². The van der Waals surface area contributed by atoms with Gasteiger partial charge in [0.1, 0.15) is 11.5 Å². The van der Waals surface area contributed by atoms with Crippen molar-refractivity contribution in [2.45, 2.75) is 27.7 Å². The molecule has 0 aromatic carbocycles. The molecule has 0 spiro atoms. The van der Waals surface area contributed by atoms with Crippen LogP contribution in [0.15, 0.2) is 15.9 Å². The number of hydrogen-bond donors (Lipinski definition) is 1. The van der Waals surface area contributed by atoms with Gasteiger partial charge in [-0.3, -0.25) is 0 Å². The van der Waals surface area contributed by atoms with Crippen LogP contribution in [0.5, 0.6) is 0 Å². The summed E-state index contributed by atoms with van der Waals surface area (Å²) in [4.78, 5) is 4.57. The van der Waals surface area contributed by atoms with Gasteiger partial charge in [-0.25, -0.2) is 4.98 Å². The molecule has 2 heterocycles. The number of anilines is 1. The molecule has 3 nitrogen and oxygen atoms in total. The molecule has 0 saturated carbocycles. The predicted octanol–water partition coefficient (Wildman–Crippen LogP) is 4.09. The smallest absolute Gasteiger partial charge is 0.183 e. The number of thiazole rings is 1. The number of nitrogens with zero attached hydrogens (tertiary/aromatic N) is 1. The molecule has 92 valence electrons. The van der Waals surface area contributed by atoms with Crippen LogP contribution in [-0.4, -0.2) is 11.5 Å². The van der Waals surface area contributed by atoms with E-state index in [9.17, 15) is 0 Å². The van der Waals surface area contributed by atoms with Crippen molar-refractivity contribution in [3.05, 3.63) is 23.0 Å².